The molecule has 0 spiro atoms. The third-order valence-corrected chi connectivity index (χ3v) is 28.8. The normalized spacial score (nSPS) is 17.0. The number of nitrogens with zero attached hydrogens (tertiary/aromatic N) is 5. The van der Waals surface area contributed by atoms with Crippen LogP contribution in [0.2, 0.25) is 10.0 Å². The standard InChI is InChI=1S/C27H22ClNO3.C26H22ClNO2.C26H33NO.C24H27N3O3.C20H20N2O3/c1-32-27(31)18-11-9-17(10-12-18)25-24-16-19-5-2-3-8-22(19)23(24)13-14-29(25)26(30)20-6-4-7-21(28)15-20;1-30-24-12-5-4-11-22(24)25-23-16-17-7-2-3-10-20(17)21(23)13-14-28(25)26(29)18-8-6-9-19(27)15-18;1-5-8-25(28)27(19-20-11-15-23(16-12-20)26(2,3)4)18-17-22-14-13-21-9-6-7-10-24(21)22;1-24(2,3)30-23(29)26-15-21(28)27-13-10-19-18-7-5-4-6-17(18)14-20(19)22(27)16-8-11-25-12-9-16;1-24-13-9-7-12(8-10-13)18-19-15(11-17(22-18)20(23)25-2)14-5-3-4-6-16(14)21-19/h2-12,15,25H,13-14,16H2,1H3;2-12,15,25H,13-14,16H2,1H3;6-7,9-12,14-16H,5,8,13,17-19H2,1-4H3;4-9,11-12,22H,10,13-15H2,1-3H3,(H,26,29);3-10,17-18,21-22H,11H2,1-2H3. The van der Waals surface area contributed by atoms with Gasteiger partial charge in [0.05, 0.1) is 58.2 Å². The number of para-hydroxylation sites is 2. The van der Waals surface area contributed by atoms with Gasteiger partial charge in [0, 0.05) is 101 Å². The first-order valence-corrected chi connectivity index (χ1v) is 50.6. The number of ether oxygens (including phenoxy) is 5. The summed E-state index contributed by atoms with van der Waals surface area (Å²) >= 11 is 12.3. The molecule has 4 aliphatic carbocycles. The van der Waals surface area contributed by atoms with E-state index in [1.807, 2.05) is 111 Å². The molecule has 2 aromatic heterocycles. The zero-order valence-corrected chi connectivity index (χ0v) is 85.6. The second kappa shape index (κ2) is 45.5. The molecule has 145 heavy (non-hydrogen) atoms. The molecule has 0 bridgehead atoms. The molecule has 742 valence electrons. The molecule has 8 aliphatic rings. The van der Waals surface area contributed by atoms with Gasteiger partial charge in [-0.3, -0.25) is 34.3 Å². The number of amides is 5. The summed E-state index contributed by atoms with van der Waals surface area (Å²) in [5.74, 6) is 1.08. The van der Waals surface area contributed by atoms with Crippen LogP contribution in [0.15, 0.2) is 314 Å². The fourth-order valence-electron chi connectivity index (χ4n) is 21.4. The van der Waals surface area contributed by atoms with Crippen LogP contribution in [0.5, 0.6) is 11.5 Å². The number of hydrogen-bond donors (Lipinski definition) is 3. The van der Waals surface area contributed by atoms with E-state index in [4.69, 9.17) is 46.9 Å². The highest BCUT2D eigenvalue weighted by Gasteiger charge is 2.44. The number of allylic oxidation sites excluding steroid dienone is 1. The van der Waals surface area contributed by atoms with E-state index in [1.54, 1.807) is 95.9 Å². The molecular formula is C123H124Cl2N8O12. The highest BCUT2D eigenvalue weighted by molar-refractivity contribution is 6.31. The molecule has 22 heteroatoms. The number of fused-ring (bicyclic) bond motifs is 10. The van der Waals surface area contributed by atoms with Gasteiger partial charge in [0.2, 0.25) is 11.8 Å². The lowest BCUT2D eigenvalue weighted by Crippen LogP contribution is -2.45. The molecule has 5 amide bonds. The van der Waals surface area contributed by atoms with Gasteiger partial charge >= 0.3 is 18.0 Å². The summed E-state index contributed by atoms with van der Waals surface area (Å²) in [7, 11) is 6.13. The number of alkyl carbamates (subject to hydrolysis) is 1. The van der Waals surface area contributed by atoms with Crippen LogP contribution in [0, 0.1) is 0 Å². The molecule has 3 N–H and O–H groups in total. The minimum absolute atomic E-state index is 0.00378. The Kier molecular flexibility index (Phi) is 31.9. The molecule has 5 unspecified atom stereocenters. The van der Waals surface area contributed by atoms with E-state index in [0.29, 0.717) is 65.8 Å². The van der Waals surface area contributed by atoms with Crippen molar-refractivity contribution in [3.05, 3.63) is 430 Å². The number of methoxy groups -OCH3 is 4. The third-order valence-electron chi connectivity index (χ3n) is 28.4. The number of aromatic nitrogens is 2. The Morgan fingerprint density at radius 3 is 1.58 bits per heavy atom. The second-order valence-corrected chi connectivity index (χ2v) is 40.5. The van der Waals surface area contributed by atoms with Crippen molar-refractivity contribution < 1.29 is 57.2 Å². The molecule has 21 rings (SSSR count). The van der Waals surface area contributed by atoms with Crippen molar-refractivity contribution in [2.24, 2.45) is 0 Å². The molecule has 11 aromatic carbocycles. The summed E-state index contributed by atoms with van der Waals surface area (Å²) in [6, 6.07) is 91.6. The van der Waals surface area contributed by atoms with Crippen LogP contribution in [-0.2, 0) is 72.7 Å². The van der Waals surface area contributed by atoms with Crippen molar-refractivity contribution in [1.82, 2.24) is 40.2 Å². The number of carbonyl (C=O) groups is 7. The second-order valence-electron chi connectivity index (χ2n) is 39.6. The number of aromatic amines is 1. The van der Waals surface area contributed by atoms with Crippen LogP contribution in [0.4, 0.5) is 4.79 Å². The van der Waals surface area contributed by atoms with Gasteiger partial charge < -0.3 is 53.6 Å². The highest BCUT2D eigenvalue weighted by Crippen LogP contribution is 2.52. The van der Waals surface area contributed by atoms with Crippen molar-refractivity contribution in [3.63, 3.8) is 0 Å². The first kappa shape index (κ1) is 102. The van der Waals surface area contributed by atoms with Crippen LogP contribution in [-0.4, -0.2) is 144 Å². The lowest BCUT2D eigenvalue weighted by Gasteiger charge is -2.38. The average Bonchev–Trinajstić information content (AvgIpc) is 1.61. The van der Waals surface area contributed by atoms with E-state index < -0.39 is 11.7 Å². The van der Waals surface area contributed by atoms with Gasteiger partial charge in [-0.05, 0) is 286 Å². The van der Waals surface area contributed by atoms with Crippen LogP contribution in [0.25, 0.3) is 33.2 Å². The topological polar surface area (TPSA) is 231 Å². The number of hydrogen-bond acceptors (Lipinski definition) is 14. The first-order valence-electron chi connectivity index (χ1n) is 49.9. The zero-order valence-electron chi connectivity index (χ0n) is 84.1. The van der Waals surface area contributed by atoms with E-state index in [-0.39, 0.29) is 77.7 Å². The predicted octanol–water partition coefficient (Wildman–Crippen LogP) is 24.7. The van der Waals surface area contributed by atoms with Gasteiger partial charge in [0.1, 0.15) is 29.7 Å². The summed E-state index contributed by atoms with van der Waals surface area (Å²) in [5.41, 5.74) is 31.1. The lowest BCUT2D eigenvalue weighted by atomic mass is 9.87. The molecule has 5 atom stereocenters. The van der Waals surface area contributed by atoms with Crippen molar-refractivity contribution in [2.45, 2.75) is 167 Å². The average molecular weight is 1980 g/mol. The van der Waals surface area contributed by atoms with E-state index in [0.717, 1.165) is 115 Å². The van der Waals surface area contributed by atoms with Crippen molar-refractivity contribution >= 4 is 98.1 Å². The molecule has 0 fully saturated rings. The monoisotopic (exact) mass is 1970 g/mol. The molecule has 4 aliphatic heterocycles. The Bertz CT molecular complexity index is 7110. The largest absolute Gasteiger partial charge is 0.497 e. The fourth-order valence-corrected chi connectivity index (χ4v) is 21.8. The Balaban J connectivity index is 0.000000124. The third kappa shape index (κ3) is 23.1. The smallest absolute Gasteiger partial charge is 0.408 e. The summed E-state index contributed by atoms with van der Waals surface area (Å²) in [6.07, 6.45) is 14.3. The number of H-pyrrole nitrogens is 1. The first-order chi connectivity index (χ1) is 70.2. The number of esters is 2. The predicted molar refractivity (Wildman–Crippen MR) is 573 cm³/mol. The molecule has 20 nitrogen and oxygen atoms in total. The van der Waals surface area contributed by atoms with E-state index in [2.05, 4.69) is 194 Å². The van der Waals surface area contributed by atoms with E-state index >= 15 is 0 Å². The maximum atomic E-state index is 13.6. The Labute approximate surface area is 859 Å². The van der Waals surface area contributed by atoms with Crippen molar-refractivity contribution in [3.8, 4) is 11.5 Å². The zero-order chi connectivity index (χ0) is 102. The maximum Gasteiger partial charge on any atom is 0.408 e. The summed E-state index contributed by atoms with van der Waals surface area (Å²) in [6.45, 7) is 17.4. The molecule has 0 saturated heterocycles. The summed E-state index contributed by atoms with van der Waals surface area (Å²) in [5, 5.41) is 8.30. The van der Waals surface area contributed by atoms with Crippen LogP contribution >= 0.6 is 23.2 Å². The molecule has 0 saturated carbocycles. The fraction of sp³-hybridized carbons (Fsp3) is 0.285. The minimum Gasteiger partial charge on any atom is -0.497 e. The molecular weight excluding hydrogens is 1850 g/mol. The van der Waals surface area contributed by atoms with Gasteiger partial charge in [-0.2, -0.15) is 0 Å². The summed E-state index contributed by atoms with van der Waals surface area (Å²) in [4.78, 5) is 105. The van der Waals surface area contributed by atoms with Gasteiger partial charge in [0.25, 0.3) is 11.8 Å². The SMILES string of the molecule is CC(C)(C)OC(=O)NCC(=O)N1CCC2=C(Cc3ccccc32)C1c1ccncc1.CCCC(=O)N(CCC1=CCc2ccccc21)Cc1ccc(C(C)(C)C)cc1.COC(=O)C1Cc2c([nH]c3ccccc23)C(c2ccc(OC)cc2)N1.COC(=O)c1ccc(C2C3=C(CCN2C(=O)c2cccc(Cl)c2)c2ccccc2C3)cc1.COc1ccccc1C1C2=C(CCN1C(=O)c1cccc(Cl)c1)c1ccccc1C2. The Hall–Kier alpha value is -14.7. The van der Waals surface area contributed by atoms with Crippen molar-refractivity contribution in [1.29, 1.82) is 0 Å². The number of carbonyl (C=O) groups excluding carboxylic acids is 7. The van der Waals surface area contributed by atoms with E-state index in [1.165, 1.54) is 114 Å². The number of benzene rings is 11. The van der Waals surface area contributed by atoms with Crippen LogP contribution < -0.4 is 20.1 Å². The van der Waals surface area contributed by atoms with E-state index in [9.17, 15) is 33.6 Å². The lowest BCUT2D eigenvalue weighted by molar-refractivity contribution is -0.143. The Morgan fingerprint density at radius 1 is 0.510 bits per heavy atom. The summed E-state index contributed by atoms with van der Waals surface area (Å²) < 4.78 is 26.0. The maximum absolute atomic E-state index is 13.6. The molecule has 13 aromatic rings. The van der Waals surface area contributed by atoms with Gasteiger partial charge in [0.15, 0.2) is 0 Å². The van der Waals surface area contributed by atoms with Gasteiger partial charge in [-0.25, -0.2) is 9.59 Å². The highest BCUT2D eigenvalue weighted by atomic mass is 35.5. The molecule has 6 heterocycles. The van der Waals surface area contributed by atoms with Crippen LogP contribution in [0.3, 0.4) is 0 Å². The Morgan fingerprint density at radius 2 is 1.03 bits per heavy atom. The quantitative estimate of drug-likeness (QED) is 0.0505. The molecule has 0 radical (unpaired) electrons. The number of nitrogens with one attached hydrogen (secondary N) is 3. The van der Waals surface area contributed by atoms with Crippen LogP contribution in [0.1, 0.15) is 231 Å². The number of pyridine rings is 1. The van der Waals surface area contributed by atoms with Gasteiger partial charge in [-0.15, -0.1) is 0 Å². The number of rotatable bonds is 19. The number of halogens is 2. The van der Waals surface area contributed by atoms with Crippen molar-refractivity contribution in [2.75, 3.05) is 61.2 Å². The minimum atomic E-state index is -0.604. The van der Waals surface area contributed by atoms with Gasteiger partial charge in [-0.1, -0.05) is 251 Å².